The first-order valence-corrected chi connectivity index (χ1v) is 17.4. The Morgan fingerprint density at radius 2 is 0.800 bits per heavy atom. The number of para-hydroxylation sites is 1. The minimum atomic E-state index is 0.596. The van der Waals surface area contributed by atoms with Gasteiger partial charge in [0.15, 0.2) is 17.5 Å². The van der Waals surface area contributed by atoms with Gasteiger partial charge < -0.3 is 4.42 Å². The number of aromatic nitrogens is 3. The highest BCUT2D eigenvalue weighted by atomic mass is 32.1. The number of furan rings is 1. The Morgan fingerprint density at radius 3 is 1.54 bits per heavy atom. The lowest BCUT2D eigenvalue weighted by Gasteiger charge is -2.10. The summed E-state index contributed by atoms with van der Waals surface area (Å²) in [6.45, 7) is 0. The Labute approximate surface area is 292 Å². The van der Waals surface area contributed by atoms with Crippen LogP contribution in [0.5, 0.6) is 0 Å². The van der Waals surface area contributed by atoms with Gasteiger partial charge in [0.25, 0.3) is 0 Å². The van der Waals surface area contributed by atoms with Crippen LogP contribution in [0.15, 0.2) is 168 Å². The maximum Gasteiger partial charge on any atom is 0.164 e. The van der Waals surface area contributed by atoms with Gasteiger partial charge in [-0.15, -0.1) is 11.3 Å². The molecule has 3 heterocycles. The second-order valence-corrected chi connectivity index (χ2v) is 13.5. The number of benzene rings is 7. The highest BCUT2D eigenvalue weighted by molar-refractivity contribution is 7.25. The molecule has 0 amide bonds. The van der Waals surface area contributed by atoms with Crippen LogP contribution in [-0.4, -0.2) is 15.0 Å². The van der Waals surface area contributed by atoms with E-state index in [0.29, 0.717) is 17.5 Å². The molecule has 0 atom stereocenters. The summed E-state index contributed by atoms with van der Waals surface area (Å²) in [5.74, 6) is 1.83. The normalized spacial score (nSPS) is 11.6. The molecule has 4 nitrogen and oxygen atoms in total. The second-order valence-electron chi connectivity index (χ2n) is 12.4. The van der Waals surface area contributed by atoms with Crippen molar-refractivity contribution in [3.8, 4) is 56.4 Å². The number of hydrogen-bond donors (Lipinski definition) is 0. The summed E-state index contributed by atoms with van der Waals surface area (Å²) < 4.78 is 8.83. The summed E-state index contributed by atoms with van der Waals surface area (Å²) in [5.41, 5.74) is 9.03. The van der Waals surface area contributed by atoms with Crippen LogP contribution < -0.4 is 0 Å². The lowest BCUT2D eigenvalue weighted by Crippen LogP contribution is -2.00. The average Bonchev–Trinajstić information content (AvgIpc) is 3.76. The molecule has 10 rings (SSSR count). The van der Waals surface area contributed by atoms with Crippen molar-refractivity contribution in [3.05, 3.63) is 164 Å². The van der Waals surface area contributed by atoms with E-state index in [-0.39, 0.29) is 0 Å². The zero-order valence-electron chi connectivity index (χ0n) is 26.7. The van der Waals surface area contributed by atoms with Gasteiger partial charge in [0.05, 0.1) is 0 Å². The van der Waals surface area contributed by atoms with E-state index >= 15 is 0 Å². The van der Waals surface area contributed by atoms with Crippen LogP contribution in [0.2, 0.25) is 0 Å². The second kappa shape index (κ2) is 11.6. The van der Waals surface area contributed by atoms with Crippen molar-refractivity contribution in [1.82, 2.24) is 15.0 Å². The standard InChI is InChI=1S/C45H27N3OS/c1-2-8-28(9-3-1)29-14-18-31(19-15-29)43-46-44(48-45(47-43)34-23-24-36-35-10-4-6-12-39(35)49-40(36)26-34)32-20-16-30(17-21-32)33-22-25-38-37-11-5-7-13-41(37)50-42(38)27-33/h1-27H. The van der Waals surface area contributed by atoms with Crippen molar-refractivity contribution in [2.24, 2.45) is 0 Å². The highest BCUT2D eigenvalue weighted by Gasteiger charge is 2.15. The maximum absolute atomic E-state index is 6.23. The Bertz CT molecular complexity index is 2850. The first-order chi connectivity index (χ1) is 24.7. The van der Waals surface area contributed by atoms with Gasteiger partial charge in [-0.05, 0) is 52.6 Å². The monoisotopic (exact) mass is 657 g/mol. The van der Waals surface area contributed by atoms with E-state index in [1.54, 1.807) is 0 Å². The topological polar surface area (TPSA) is 51.8 Å². The van der Waals surface area contributed by atoms with Gasteiger partial charge >= 0.3 is 0 Å². The third kappa shape index (κ3) is 4.95. The lowest BCUT2D eigenvalue weighted by atomic mass is 10.0. The fourth-order valence-electron chi connectivity index (χ4n) is 6.79. The number of rotatable bonds is 5. The quantitative estimate of drug-likeness (QED) is 0.185. The van der Waals surface area contributed by atoms with E-state index in [9.17, 15) is 0 Å². The molecule has 0 saturated carbocycles. The number of thiophene rings is 1. The molecule has 10 aromatic rings. The zero-order valence-corrected chi connectivity index (χ0v) is 27.6. The smallest absolute Gasteiger partial charge is 0.164 e. The lowest BCUT2D eigenvalue weighted by molar-refractivity contribution is 0.669. The van der Waals surface area contributed by atoms with E-state index in [2.05, 4.69) is 133 Å². The predicted molar refractivity (Wildman–Crippen MR) is 207 cm³/mol. The molecule has 0 aliphatic carbocycles. The molecule has 0 N–H and O–H groups in total. The van der Waals surface area contributed by atoms with Crippen LogP contribution in [-0.2, 0) is 0 Å². The van der Waals surface area contributed by atoms with Gasteiger partial charge in [0, 0.05) is 47.6 Å². The molecule has 0 saturated heterocycles. The molecule has 0 unspecified atom stereocenters. The summed E-state index contributed by atoms with van der Waals surface area (Å²) in [7, 11) is 0. The molecule has 0 radical (unpaired) electrons. The molecule has 0 aliphatic heterocycles. The summed E-state index contributed by atoms with van der Waals surface area (Å²) in [6, 6.07) is 57.0. The molecule has 0 bridgehead atoms. The minimum Gasteiger partial charge on any atom is -0.456 e. The van der Waals surface area contributed by atoms with Gasteiger partial charge in [0.1, 0.15) is 11.2 Å². The van der Waals surface area contributed by atoms with Gasteiger partial charge in [-0.2, -0.15) is 0 Å². The maximum atomic E-state index is 6.23. The molecule has 0 aliphatic rings. The molecule has 0 spiro atoms. The van der Waals surface area contributed by atoms with Crippen LogP contribution in [0, 0.1) is 0 Å². The van der Waals surface area contributed by atoms with E-state index in [0.717, 1.165) is 49.8 Å². The SMILES string of the molecule is c1ccc(-c2ccc(-c3nc(-c4ccc(-c5ccc6c(c5)sc5ccccc56)cc4)nc(-c4ccc5c(c4)oc4ccccc45)n3)cc2)cc1. The number of nitrogens with zero attached hydrogens (tertiary/aromatic N) is 3. The third-order valence-corrected chi connectivity index (χ3v) is 10.5. The van der Waals surface area contributed by atoms with Gasteiger partial charge in [0.2, 0.25) is 0 Å². The first kappa shape index (κ1) is 28.6. The first-order valence-electron chi connectivity index (χ1n) is 16.6. The molecule has 234 valence electrons. The third-order valence-electron chi connectivity index (χ3n) is 9.38. The van der Waals surface area contributed by atoms with Crippen molar-refractivity contribution < 1.29 is 4.42 Å². The summed E-state index contributed by atoms with van der Waals surface area (Å²) >= 11 is 1.84. The highest BCUT2D eigenvalue weighted by Crippen LogP contribution is 2.37. The Morgan fingerprint density at radius 1 is 0.320 bits per heavy atom. The van der Waals surface area contributed by atoms with Crippen LogP contribution in [0.3, 0.4) is 0 Å². The van der Waals surface area contributed by atoms with Crippen molar-refractivity contribution >= 4 is 53.4 Å². The molecule has 5 heteroatoms. The van der Waals surface area contributed by atoms with E-state index < -0.39 is 0 Å². The van der Waals surface area contributed by atoms with Gasteiger partial charge in [-0.3, -0.25) is 0 Å². The zero-order chi connectivity index (χ0) is 33.0. The van der Waals surface area contributed by atoms with E-state index in [1.165, 1.54) is 31.3 Å². The van der Waals surface area contributed by atoms with Gasteiger partial charge in [-0.25, -0.2) is 15.0 Å². The van der Waals surface area contributed by atoms with E-state index in [4.69, 9.17) is 19.4 Å². The molecule has 3 aromatic heterocycles. The molecule has 50 heavy (non-hydrogen) atoms. The van der Waals surface area contributed by atoms with E-state index in [1.807, 2.05) is 41.7 Å². The van der Waals surface area contributed by atoms with Crippen molar-refractivity contribution in [2.75, 3.05) is 0 Å². The Balaban J connectivity index is 1.06. The largest absolute Gasteiger partial charge is 0.456 e. The van der Waals surface area contributed by atoms with Crippen molar-refractivity contribution in [1.29, 1.82) is 0 Å². The van der Waals surface area contributed by atoms with Gasteiger partial charge in [-0.1, -0.05) is 133 Å². The molecule has 7 aromatic carbocycles. The summed E-state index contributed by atoms with van der Waals surface area (Å²) in [4.78, 5) is 15.1. The molecule has 0 fully saturated rings. The summed E-state index contributed by atoms with van der Waals surface area (Å²) in [5, 5.41) is 4.77. The van der Waals surface area contributed by atoms with Crippen molar-refractivity contribution in [2.45, 2.75) is 0 Å². The predicted octanol–water partition coefficient (Wildman–Crippen LogP) is 12.5. The Kier molecular flexibility index (Phi) is 6.64. The van der Waals surface area contributed by atoms with Crippen molar-refractivity contribution in [3.63, 3.8) is 0 Å². The van der Waals surface area contributed by atoms with Crippen LogP contribution in [0.4, 0.5) is 0 Å². The minimum absolute atomic E-state index is 0.596. The fourth-order valence-corrected chi connectivity index (χ4v) is 7.93. The summed E-state index contributed by atoms with van der Waals surface area (Å²) in [6.07, 6.45) is 0. The Hall–Kier alpha value is -6.43. The van der Waals surface area contributed by atoms with Crippen LogP contribution >= 0.6 is 11.3 Å². The molecular formula is C45H27N3OS. The molecular weight excluding hydrogens is 631 g/mol. The number of fused-ring (bicyclic) bond motifs is 6. The van der Waals surface area contributed by atoms with Crippen LogP contribution in [0.1, 0.15) is 0 Å². The average molecular weight is 658 g/mol. The fraction of sp³-hybridized carbons (Fsp3) is 0. The van der Waals surface area contributed by atoms with Crippen LogP contribution in [0.25, 0.3) is 98.5 Å². The number of hydrogen-bond acceptors (Lipinski definition) is 5.